The van der Waals surface area contributed by atoms with Crippen molar-refractivity contribution in [1.82, 2.24) is 5.32 Å². The number of nitrogens with one attached hydrogen (secondary N) is 1. The molecule has 0 saturated heterocycles. The van der Waals surface area contributed by atoms with Gasteiger partial charge in [0.15, 0.2) is 0 Å². The number of carbonyl (C=O) groups excluding carboxylic acids is 2. The van der Waals surface area contributed by atoms with Crippen molar-refractivity contribution in [3.63, 3.8) is 0 Å². The number of benzene rings is 2. The third kappa shape index (κ3) is 4.19. The summed E-state index contributed by atoms with van der Waals surface area (Å²) >= 11 is 11.8. The van der Waals surface area contributed by atoms with E-state index in [1.54, 1.807) is 30.3 Å². The summed E-state index contributed by atoms with van der Waals surface area (Å²) in [6.07, 6.45) is 0. The predicted octanol–water partition coefficient (Wildman–Crippen LogP) is 3.72. The number of rotatable bonds is 5. The SMILES string of the molecule is COC(=O)c1cc(CNC(=O)c2ccc(Cl)cc2Cl)ccc1OC. The van der Waals surface area contributed by atoms with Crippen LogP contribution in [0.3, 0.4) is 0 Å². The van der Waals surface area contributed by atoms with Gasteiger partial charge in [-0.05, 0) is 35.9 Å². The number of hydrogen-bond donors (Lipinski definition) is 1. The van der Waals surface area contributed by atoms with Crippen molar-refractivity contribution in [2.45, 2.75) is 6.54 Å². The van der Waals surface area contributed by atoms with E-state index in [1.807, 2.05) is 0 Å². The fourth-order valence-corrected chi connectivity index (χ4v) is 2.58. The Kier molecular flexibility index (Phi) is 6.06. The van der Waals surface area contributed by atoms with Crippen molar-refractivity contribution in [3.05, 3.63) is 63.1 Å². The van der Waals surface area contributed by atoms with Crippen LogP contribution in [-0.4, -0.2) is 26.1 Å². The number of halogens is 2. The minimum absolute atomic E-state index is 0.214. The Labute approximate surface area is 149 Å². The molecule has 7 heteroatoms. The first-order valence-corrected chi connectivity index (χ1v) is 7.70. The fourth-order valence-electron chi connectivity index (χ4n) is 2.09. The van der Waals surface area contributed by atoms with Gasteiger partial charge in [0.25, 0.3) is 5.91 Å². The molecule has 5 nitrogen and oxygen atoms in total. The maximum absolute atomic E-state index is 12.2. The second-order valence-corrected chi connectivity index (χ2v) is 5.68. The van der Waals surface area contributed by atoms with Gasteiger partial charge in [0, 0.05) is 11.6 Å². The van der Waals surface area contributed by atoms with Gasteiger partial charge in [-0.3, -0.25) is 4.79 Å². The fraction of sp³-hybridized carbons (Fsp3) is 0.176. The monoisotopic (exact) mass is 367 g/mol. The van der Waals surface area contributed by atoms with Gasteiger partial charge in [-0.1, -0.05) is 29.3 Å². The van der Waals surface area contributed by atoms with Crippen LogP contribution in [0, 0.1) is 0 Å². The summed E-state index contributed by atoms with van der Waals surface area (Å²) in [6.45, 7) is 0.214. The zero-order chi connectivity index (χ0) is 17.7. The Bertz CT molecular complexity index is 777. The lowest BCUT2D eigenvalue weighted by Gasteiger charge is -2.11. The van der Waals surface area contributed by atoms with Gasteiger partial charge in [-0.25, -0.2) is 4.79 Å². The lowest BCUT2D eigenvalue weighted by atomic mass is 10.1. The van der Waals surface area contributed by atoms with Crippen LogP contribution in [0.15, 0.2) is 36.4 Å². The molecule has 0 aliphatic rings. The predicted molar refractivity (Wildman–Crippen MR) is 92.0 cm³/mol. The highest BCUT2D eigenvalue weighted by Crippen LogP contribution is 2.22. The standard InChI is InChI=1S/C17H15Cl2NO4/c1-23-15-6-3-10(7-13(15)17(22)24-2)9-20-16(21)12-5-4-11(18)8-14(12)19/h3-8H,9H2,1-2H3,(H,20,21). The maximum atomic E-state index is 12.2. The topological polar surface area (TPSA) is 64.6 Å². The number of esters is 1. The average molecular weight is 368 g/mol. The van der Waals surface area contributed by atoms with E-state index in [2.05, 4.69) is 5.32 Å². The van der Waals surface area contributed by atoms with Crippen molar-refractivity contribution in [3.8, 4) is 5.75 Å². The van der Waals surface area contributed by atoms with Crippen molar-refractivity contribution < 1.29 is 19.1 Å². The van der Waals surface area contributed by atoms with Gasteiger partial charge < -0.3 is 14.8 Å². The van der Waals surface area contributed by atoms with Crippen LogP contribution >= 0.6 is 23.2 Å². The first-order valence-electron chi connectivity index (χ1n) is 6.94. The van der Waals surface area contributed by atoms with E-state index < -0.39 is 5.97 Å². The van der Waals surface area contributed by atoms with Crippen LogP contribution in [0.4, 0.5) is 0 Å². The molecule has 0 spiro atoms. The molecule has 2 rings (SSSR count). The van der Waals surface area contributed by atoms with Crippen molar-refractivity contribution >= 4 is 35.1 Å². The molecule has 0 radical (unpaired) electrons. The molecule has 2 aromatic carbocycles. The number of ether oxygens (including phenoxy) is 2. The van der Waals surface area contributed by atoms with E-state index in [9.17, 15) is 9.59 Å². The molecule has 0 bridgehead atoms. The van der Waals surface area contributed by atoms with E-state index in [0.29, 0.717) is 16.3 Å². The highest BCUT2D eigenvalue weighted by Gasteiger charge is 2.15. The number of carbonyl (C=O) groups is 2. The summed E-state index contributed by atoms with van der Waals surface area (Å²) in [6, 6.07) is 9.63. The molecule has 1 N–H and O–H groups in total. The van der Waals surface area contributed by atoms with E-state index in [4.69, 9.17) is 32.7 Å². The smallest absolute Gasteiger partial charge is 0.341 e. The van der Waals surface area contributed by atoms with E-state index >= 15 is 0 Å². The Balaban J connectivity index is 2.14. The van der Waals surface area contributed by atoms with Crippen LogP contribution in [0.5, 0.6) is 5.75 Å². The summed E-state index contributed by atoms with van der Waals surface area (Å²) in [5, 5.41) is 3.46. The highest BCUT2D eigenvalue weighted by atomic mass is 35.5. The van der Waals surface area contributed by atoms with Crippen LogP contribution in [-0.2, 0) is 11.3 Å². The van der Waals surface area contributed by atoms with Gasteiger partial charge in [0.1, 0.15) is 11.3 Å². The molecule has 0 aromatic heterocycles. The van der Waals surface area contributed by atoms with Gasteiger partial charge in [-0.2, -0.15) is 0 Å². The Morgan fingerprint density at radius 1 is 1.04 bits per heavy atom. The van der Waals surface area contributed by atoms with Gasteiger partial charge in [0.05, 0.1) is 24.8 Å². The number of amides is 1. The zero-order valence-electron chi connectivity index (χ0n) is 13.1. The van der Waals surface area contributed by atoms with E-state index in [-0.39, 0.29) is 23.0 Å². The molecule has 1 amide bonds. The molecule has 2 aromatic rings. The average Bonchev–Trinajstić information content (AvgIpc) is 2.58. The summed E-state index contributed by atoms with van der Waals surface area (Å²) in [7, 11) is 2.75. The first-order chi connectivity index (χ1) is 11.5. The van der Waals surface area contributed by atoms with E-state index in [0.717, 1.165) is 5.56 Å². The molecule has 0 aliphatic carbocycles. The third-order valence-corrected chi connectivity index (χ3v) is 3.85. The summed E-state index contributed by atoms with van der Waals surface area (Å²) < 4.78 is 9.85. The van der Waals surface area contributed by atoms with Crippen molar-refractivity contribution in [1.29, 1.82) is 0 Å². The summed E-state index contributed by atoms with van der Waals surface area (Å²) in [5.74, 6) is -0.453. The third-order valence-electron chi connectivity index (χ3n) is 3.30. The molecule has 126 valence electrons. The molecule has 24 heavy (non-hydrogen) atoms. The Hall–Kier alpha value is -2.24. The largest absolute Gasteiger partial charge is 0.496 e. The number of hydrogen-bond acceptors (Lipinski definition) is 4. The Morgan fingerprint density at radius 2 is 1.79 bits per heavy atom. The molecular weight excluding hydrogens is 353 g/mol. The molecule has 0 unspecified atom stereocenters. The molecule has 0 aliphatic heterocycles. The second-order valence-electron chi connectivity index (χ2n) is 4.83. The first kappa shape index (κ1) is 18.1. The van der Waals surface area contributed by atoms with Gasteiger partial charge >= 0.3 is 5.97 Å². The summed E-state index contributed by atoms with van der Waals surface area (Å²) in [5.41, 5.74) is 1.33. The van der Waals surface area contributed by atoms with Crippen LogP contribution in [0.25, 0.3) is 0 Å². The minimum Gasteiger partial charge on any atom is -0.496 e. The van der Waals surface area contributed by atoms with Crippen molar-refractivity contribution in [2.75, 3.05) is 14.2 Å². The second kappa shape index (κ2) is 8.04. The quantitative estimate of drug-likeness (QED) is 0.817. The highest BCUT2D eigenvalue weighted by molar-refractivity contribution is 6.36. The molecule has 0 fully saturated rings. The lowest BCUT2D eigenvalue weighted by Crippen LogP contribution is -2.23. The summed E-state index contributed by atoms with van der Waals surface area (Å²) in [4.78, 5) is 24.0. The molecule has 0 heterocycles. The molecule has 0 saturated carbocycles. The Morgan fingerprint density at radius 3 is 2.42 bits per heavy atom. The van der Waals surface area contributed by atoms with Crippen molar-refractivity contribution in [2.24, 2.45) is 0 Å². The van der Waals surface area contributed by atoms with E-state index in [1.165, 1.54) is 20.3 Å². The number of methoxy groups -OCH3 is 2. The van der Waals surface area contributed by atoms with Gasteiger partial charge in [-0.15, -0.1) is 0 Å². The van der Waals surface area contributed by atoms with Gasteiger partial charge in [0.2, 0.25) is 0 Å². The zero-order valence-corrected chi connectivity index (χ0v) is 14.6. The van der Waals surface area contributed by atoms with Crippen LogP contribution in [0.2, 0.25) is 10.0 Å². The molecular formula is C17H15Cl2NO4. The van der Waals surface area contributed by atoms with Crippen LogP contribution < -0.4 is 10.1 Å². The molecule has 0 atom stereocenters. The minimum atomic E-state index is -0.513. The lowest BCUT2D eigenvalue weighted by molar-refractivity contribution is 0.0597. The van der Waals surface area contributed by atoms with Crippen LogP contribution in [0.1, 0.15) is 26.3 Å². The normalized spacial score (nSPS) is 10.2. The maximum Gasteiger partial charge on any atom is 0.341 e.